The number of nitriles is 1. The van der Waals surface area contributed by atoms with Gasteiger partial charge in [0.2, 0.25) is 5.88 Å². The average Bonchev–Trinajstić information content (AvgIpc) is 2.60. The molecule has 1 atom stereocenters. The highest BCUT2D eigenvalue weighted by atomic mass is 16.5. The van der Waals surface area contributed by atoms with Crippen LogP contribution in [0.1, 0.15) is 33.7 Å². The summed E-state index contributed by atoms with van der Waals surface area (Å²) in [7, 11) is 0. The van der Waals surface area contributed by atoms with Gasteiger partial charge in [0, 0.05) is 5.56 Å². The first-order chi connectivity index (χ1) is 12.5. The van der Waals surface area contributed by atoms with Gasteiger partial charge in [0.05, 0.1) is 5.92 Å². The molecule has 0 saturated heterocycles. The molecule has 3 aromatic rings. The fourth-order valence-electron chi connectivity index (χ4n) is 4.18. The molecule has 0 spiro atoms. The Morgan fingerprint density at radius 1 is 0.962 bits per heavy atom. The van der Waals surface area contributed by atoms with E-state index >= 15 is 0 Å². The summed E-state index contributed by atoms with van der Waals surface area (Å²) in [6, 6.07) is 18.8. The van der Waals surface area contributed by atoms with Crippen molar-refractivity contribution < 1.29 is 4.74 Å². The van der Waals surface area contributed by atoms with Crippen LogP contribution in [0.3, 0.4) is 0 Å². The molecule has 2 N–H and O–H groups in total. The third kappa shape index (κ3) is 2.34. The van der Waals surface area contributed by atoms with Crippen molar-refractivity contribution in [2.45, 2.75) is 26.7 Å². The number of hydrogen-bond donors (Lipinski definition) is 1. The molecule has 0 saturated carbocycles. The largest absolute Gasteiger partial charge is 0.440 e. The smallest absolute Gasteiger partial charge is 0.205 e. The number of allylic oxidation sites excluding steroid dienone is 1. The molecule has 1 aliphatic rings. The Bertz CT molecular complexity index is 1100. The molecule has 0 aliphatic carbocycles. The van der Waals surface area contributed by atoms with Crippen molar-refractivity contribution in [3.05, 3.63) is 87.8 Å². The summed E-state index contributed by atoms with van der Waals surface area (Å²) in [6.07, 6.45) is 0. The van der Waals surface area contributed by atoms with Crippen molar-refractivity contribution in [1.82, 2.24) is 0 Å². The Morgan fingerprint density at radius 3 is 2.35 bits per heavy atom. The summed E-state index contributed by atoms with van der Waals surface area (Å²) < 4.78 is 5.83. The van der Waals surface area contributed by atoms with Gasteiger partial charge in [-0.15, -0.1) is 0 Å². The lowest BCUT2D eigenvalue weighted by molar-refractivity contribution is 0.395. The molecule has 1 heterocycles. The number of rotatable bonds is 1. The maximum absolute atomic E-state index is 9.86. The molecule has 4 rings (SSSR count). The number of hydrogen-bond acceptors (Lipinski definition) is 3. The SMILES string of the molecule is Cc1cc(C)c([C@@H]2C(C#N)=C(N)Oc3ccc4ccccc4c32)c(C)c1. The molecule has 3 nitrogen and oxygen atoms in total. The van der Waals surface area contributed by atoms with Crippen LogP contribution in [0.5, 0.6) is 5.75 Å². The van der Waals surface area contributed by atoms with Gasteiger partial charge in [0.1, 0.15) is 17.4 Å². The summed E-state index contributed by atoms with van der Waals surface area (Å²) in [5.41, 5.74) is 12.3. The Kier molecular flexibility index (Phi) is 3.70. The van der Waals surface area contributed by atoms with E-state index in [0.29, 0.717) is 5.57 Å². The normalized spacial score (nSPS) is 16.2. The lowest BCUT2D eigenvalue weighted by atomic mass is 9.77. The maximum atomic E-state index is 9.86. The van der Waals surface area contributed by atoms with Crippen LogP contribution in [0, 0.1) is 32.1 Å². The zero-order chi connectivity index (χ0) is 18.4. The van der Waals surface area contributed by atoms with Crippen molar-refractivity contribution in [3.63, 3.8) is 0 Å². The predicted molar refractivity (Wildman–Crippen MR) is 104 cm³/mol. The molecule has 0 radical (unpaired) electrons. The second kappa shape index (κ2) is 5.93. The summed E-state index contributed by atoms with van der Waals surface area (Å²) in [5, 5.41) is 12.1. The number of nitrogens with zero attached hydrogens (tertiary/aromatic N) is 1. The Hall–Kier alpha value is -3.25. The molecular formula is C23H20N2O. The molecule has 0 fully saturated rings. The number of aryl methyl sites for hydroxylation is 3. The van der Waals surface area contributed by atoms with Crippen LogP contribution in [-0.4, -0.2) is 0 Å². The highest BCUT2D eigenvalue weighted by Gasteiger charge is 2.33. The van der Waals surface area contributed by atoms with Crippen molar-refractivity contribution in [2.75, 3.05) is 0 Å². The van der Waals surface area contributed by atoms with Crippen LogP contribution in [0.4, 0.5) is 0 Å². The van der Waals surface area contributed by atoms with Crippen LogP contribution in [0.25, 0.3) is 10.8 Å². The first-order valence-corrected chi connectivity index (χ1v) is 8.68. The summed E-state index contributed by atoms with van der Waals surface area (Å²) in [6.45, 7) is 6.29. The van der Waals surface area contributed by atoms with Crippen LogP contribution in [0.15, 0.2) is 60.0 Å². The van der Waals surface area contributed by atoms with Gasteiger partial charge in [0.15, 0.2) is 0 Å². The first kappa shape index (κ1) is 16.2. The van der Waals surface area contributed by atoms with Crippen molar-refractivity contribution in [1.29, 1.82) is 5.26 Å². The van der Waals surface area contributed by atoms with Gasteiger partial charge in [-0.1, -0.05) is 48.0 Å². The first-order valence-electron chi connectivity index (χ1n) is 8.68. The predicted octanol–water partition coefficient (Wildman–Crippen LogP) is 4.98. The fraction of sp³-hybridized carbons (Fsp3) is 0.174. The van der Waals surface area contributed by atoms with E-state index in [1.54, 1.807) is 0 Å². The molecule has 0 amide bonds. The van der Waals surface area contributed by atoms with E-state index in [1.807, 2.05) is 24.3 Å². The van der Waals surface area contributed by atoms with Gasteiger partial charge in [-0.3, -0.25) is 0 Å². The number of nitrogens with two attached hydrogens (primary N) is 1. The molecule has 0 aromatic heterocycles. The fourth-order valence-corrected chi connectivity index (χ4v) is 4.18. The standard InChI is InChI=1S/C23H20N2O/c1-13-10-14(2)20(15(3)11-13)22-18(12-24)23(25)26-19-9-8-16-6-4-5-7-17(16)21(19)22/h4-11,22H,25H2,1-3H3/t22-/m0/s1. The Labute approximate surface area is 153 Å². The van der Waals surface area contributed by atoms with Crippen molar-refractivity contribution in [2.24, 2.45) is 5.73 Å². The quantitative estimate of drug-likeness (QED) is 0.679. The van der Waals surface area contributed by atoms with E-state index in [9.17, 15) is 5.26 Å². The van der Waals surface area contributed by atoms with Crippen molar-refractivity contribution >= 4 is 10.8 Å². The number of ether oxygens (including phenoxy) is 1. The zero-order valence-corrected chi connectivity index (χ0v) is 15.1. The minimum atomic E-state index is -0.226. The molecule has 0 unspecified atom stereocenters. The summed E-state index contributed by atoms with van der Waals surface area (Å²) in [4.78, 5) is 0. The molecule has 128 valence electrons. The monoisotopic (exact) mass is 340 g/mol. The van der Waals surface area contributed by atoms with Gasteiger partial charge >= 0.3 is 0 Å². The minimum Gasteiger partial charge on any atom is -0.440 e. The highest BCUT2D eigenvalue weighted by Crippen LogP contribution is 2.47. The van der Waals surface area contributed by atoms with Gasteiger partial charge < -0.3 is 10.5 Å². The highest BCUT2D eigenvalue weighted by molar-refractivity contribution is 5.90. The number of benzene rings is 3. The topological polar surface area (TPSA) is 59.0 Å². The van der Waals surface area contributed by atoms with Crippen LogP contribution in [-0.2, 0) is 0 Å². The number of fused-ring (bicyclic) bond motifs is 3. The third-order valence-corrected chi connectivity index (χ3v) is 5.14. The Balaban J connectivity index is 2.12. The lowest BCUT2D eigenvalue weighted by Crippen LogP contribution is -2.22. The molecule has 3 aromatic carbocycles. The second-order valence-corrected chi connectivity index (χ2v) is 6.94. The summed E-state index contributed by atoms with van der Waals surface area (Å²) in [5.74, 6) is 0.694. The van der Waals surface area contributed by atoms with Gasteiger partial charge in [-0.05, 0) is 54.3 Å². The van der Waals surface area contributed by atoms with E-state index in [2.05, 4.69) is 51.1 Å². The summed E-state index contributed by atoms with van der Waals surface area (Å²) >= 11 is 0. The second-order valence-electron chi connectivity index (χ2n) is 6.94. The molecule has 1 aliphatic heterocycles. The van der Waals surface area contributed by atoms with E-state index in [4.69, 9.17) is 10.5 Å². The average molecular weight is 340 g/mol. The maximum Gasteiger partial charge on any atom is 0.205 e. The van der Waals surface area contributed by atoms with Crippen LogP contribution < -0.4 is 10.5 Å². The van der Waals surface area contributed by atoms with E-state index in [1.165, 1.54) is 5.56 Å². The van der Waals surface area contributed by atoms with E-state index in [0.717, 1.165) is 38.8 Å². The van der Waals surface area contributed by atoms with Gasteiger partial charge in [-0.25, -0.2) is 0 Å². The van der Waals surface area contributed by atoms with Crippen LogP contribution in [0.2, 0.25) is 0 Å². The van der Waals surface area contributed by atoms with Gasteiger partial charge in [0.25, 0.3) is 0 Å². The third-order valence-electron chi connectivity index (χ3n) is 5.14. The lowest BCUT2D eigenvalue weighted by Gasteiger charge is -2.30. The van der Waals surface area contributed by atoms with Gasteiger partial charge in [-0.2, -0.15) is 5.26 Å². The van der Waals surface area contributed by atoms with Crippen molar-refractivity contribution in [3.8, 4) is 11.8 Å². The van der Waals surface area contributed by atoms with E-state index in [-0.39, 0.29) is 11.8 Å². The van der Waals surface area contributed by atoms with E-state index < -0.39 is 0 Å². The minimum absolute atomic E-state index is 0.194. The molecule has 0 bridgehead atoms. The molecular weight excluding hydrogens is 320 g/mol. The molecule has 3 heteroatoms. The van der Waals surface area contributed by atoms with Crippen LogP contribution >= 0.6 is 0 Å². The Morgan fingerprint density at radius 2 is 1.65 bits per heavy atom. The molecule has 26 heavy (non-hydrogen) atoms. The zero-order valence-electron chi connectivity index (χ0n) is 15.1.